The molecule has 0 fully saturated rings. The molecule has 0 aliphatic carbocycles. The van der Waals surface area contributed by atoms with Gasteiger partial charge in [0.1, 0.15) is 5.75 Å². The van der Waals surface area contributed by atoms with Crippen molar-refractivity contribution in [1.82, 2.24) is 0 Å². The van der Waals surface area contributed by atoms with Crippen LogP contribution in [-0.4, -0.2) is 10.6 Å². The van der Waals surface area contributed by atoms with Gasteiger partial charge in [0.15, 0.2) is 0 Å². The van der Waals surface area contributed by atoms with Crippen LogP contribution in [-0.2, 0) is 0 Å². The van der Waals surface area contributed by atoms with E-state index in [2.05, 4.69) is 0 Å². The van der Waals surface area contributed by atoms with Gasteiger partial charge in [0.05, 0.1) is 0 Å². The standard InChI is InChI=1S/C13H12O.H2O/c1-10-6-2-3-7-11(10)12-8-4-5-9-13(12)14;/h2-9,14H,1H3;1H2. The average Bonchev–Trinajstić information content (AvgIpc) is 2.20. The average molecular weight is 202 g/mol. The third kappa shape index (κ3) is 2.17. The van der Waals surface area contributed by atoms with Gasteiger partial charge in [0.25, 0.3) is 0 Å². The van der Waals surface area contributed by atoms with Gasteiger partial charge in [-0.3, -0.25) is 0 Å². The van der Waals surface area contributed by atoms with Crippen molar-refractivity contribution in [3.05, 3.63) is 54.1 Å². The predicted molar refractivity (Wildman–Crippen MR) is 61.9 cm³/mol. The summed E-state index contributed by atoms with van der Waals surface area (Å²) in [6.45, 7) is 2.04. The zero-order valence-electron chi connectivity index (χ0n) is 8.57. The van der Waals surface area contributed by atoms with E-state index in [-0.39, 0.29) is 5.48 Å². The van der Waals surface area contributed by atoms with E-state index in [0.29, 0.717) is 5.75 Å². The molecule has 0 saturated carbocycles. The van der Waals surface area contributed by atoms with E-state index in [1.165, 1.54) is 5.56 Å². The Morgan fingerprint density at radius 1 is 0.800 bits per heavy atom. The quantitative estimate of drug-likeness (QED) is 0.759. The second-order valence-corrected chi connectivity index (χ2v) is 3.33. The molecule has 0 bridgehead atoms. The molecule has 15 heavy (non-hydrogen) atoms. The Hall–Kier alpha value is -1.80. The van der Waals surface area contributed by atoms with Crippen LogP contribution in [0.5, 0.6) is 5.75 Å². The van der Waals surface area contributed by atoms with Crippen molar-refractivity contribution in [1.29, 1.82) is 0 Å². The first-order chi connectivity index (χ1) is 6.79. The highest BCUT2D eigenvalue weighted by Gasteiger charge is 2.04. The summed E-state index contributed by atoms with van der Waals surface area (Å²) in [5, 5.41) is 9.69. The zero-order valence-corrected chi connectivity index (χ0v) is 8.57. The van der Waals surface area contributed by atoms with Crippen molar-refractivity contribution < 1.29 is 10.6 Å². The number of aromatic hydroxyl groups is 1. The minimum Gasteiger partial charge on any atom is -0.507 e. The van der Waals surface area contributed by atoms with Crippen LogP contribution in [0.4, 0.5) is 0 Å². The molecule has 0 amide bonds. The van der Waals surface area contributed by atoms with E-state index in [1.807, 2.05) is 49.4 Å². The fourth-order valence-electron chi connectivity index (χ4n) is 1.58. The summed E-state index contributed by atoms with van der Waals surface area (Å²) in [6, 6.07) is 15.4. The number of benzene rings is 2. The number of phenols is 1. The van der Waals surface area contributed by atoms with Crippen LogP contribution in [0, 0.1) is 6.92 Å². The minimum absolute atomic E-state index is 0. The molecule has 0 atom stereocenters. The summed E-state index contributed by atoms with van der Waals surface area (Å²) in [4.78, 5) is 0. The van der Waals surface area contributed by atoms with Gasteiger partial charge in [-0.25, -0.2) is 0 Å². The van der Waals surface area contributed by atoms with E-state index in [4.69, 9.17) is 0 Å². The molecule has 2 nitrogen and oxygen atoms in total. The molecule has 2 aromatic carbocycles. The predicted octanol–water partition coefficient (Wildman–Crippen LogP) is 2.54. The number of aryl methyl sites for hydroxylation is 1. The molecule has 2 rings (SSSR count). The van der Waals surface area contributed by atoms with Crippen molar-refractivity contribution in [2.75, 3.05) is 0 Å². The summed E-state index contributed by atoms with van der Waals surface area (Å²) >= 11 is 0. The van der Waals surface area contributed by atoms with Gasteiger partial charge < -0.3 is 10.6 Å². The van der Waals surface area contributed by atoms with E-state index in [9.17, 15) is 5.11 Å². The summed E-state index contributed by atoms with van der Waals surface area (Å²) in [5.41, 5.74) is 3.16. The Bertz CT molecular complexity index is 406. The number of hydrogen-bond donors (Lipinski definition) is 1. The molecule has 0 radical (unpaired) electrons. The molecule has 0 unspecified atom stereocenters. The van der Waals surface area contributed by atoms with Crippen molar-refractivity contribution in [3.63, 3.8) is 0 Å². The highest BCUT2D eigenvalue weighted by atomic mass is 16.3. The third-order valence-corrected chi connectivity index (χ3v) is 2.34. The first-order valence-corrected chi connectivity index (χ1v) is 4.63. The topological polar surface area (TPSA) is 51.7 Å². The lowest BCUT2D eigenvalue weighted by Crippen LogP contribution is -1.82. The zero-order chi connectivity index (χ0) is 9.97. The lowest BCUT2D eigenvalue weighted by Gasteiger charge is -2.06. The monoisotopic (exact) mass is 202 g/mol. The fraction of sp³-hybridized carbons (Fsp3) is 0.0769. The number of rotatable bonds is 1. The lowest BCUT2D eigenvalue weighted by molar-refractivity contribution is 0.477. The second-order valence-electron chi connectivity index (χ2n) is 3.33. The van der Waals surface area contributed by atoms with E-state index in [1.54, 1.807) is 6.07 Å². The van der Waals surface area contributed by atoms with E-state index in [0.717, 1.165) is 11.1 Å². The molecule has 78 valence electrons. The van der Waals surface area contributed by atoms with Crippen LogP contribution in [0.2, 0.25) is 0 Å². The van der Waals surface area contributed by atoms with Crippen LogP contribution in [0.25, 0.3) is 11.1 Å². The van der Waals surface area contributed by atoms with Crippen molar-refractivity contribution >= 4 is 0 Å². The smallest absolute Gasteiger partial charge is 0.123 e. The minimum atomic E-state index is 0. The summed E-state index contributed by atoms with van der Waals surface area (Å²) in [7, 11) is 0. The molecule has 3 N–H and O–H groups in total. The summed E-state index contributed by atoms with van der Waals surface area (Å²) < 4.78 is 0. The molecule has 0 saturated heterocycles. The maximum atomic E-state index is 9.69. The van der Waals surface area contributed by atoms with Crippen LogP contribution in [0.15, 0.2) is 48.5 Å². The Labute approximate surface area is 89.1 Å². The largest absolute Gasteiger partial charge is 0.507 e. The second kappa shape index (κ2) is 4.62. The summed E-state index contributed by atoms with van der Waals surface area (Å²) in [5.74, 6) is 0.335. The fourth-order valence-corrected chi connectivity index (χ4v) is 1.58. The van der Waals surface area contributed by atoms with Crippen LogP contribution in [0.3, 0.4) is 0 Å². The Morgan fingerprint density at radius 3 is 1.93 bits per heavy atom. The highest BCUT2D eigenvalue weighted by Crippen LogP contribution is 2.30. The van der Waals surface area contributed by atoms with Gasteiger partial charge in [-0.15, -0.1) is 0 Å². The maximum Gasteiger partial charge on any atom is 0.123 e. The number of para-hydroxylation sites is 1. The van der Waals surface area contributed by atoms with Gasteiger partial charge in [-0.2, -0.15) is 0 Å². The van der Waals surface area contributed by atoms with Crippen molar-refractivity contribution in [2.24, 2.45) is 0 Å². The third-order valence-electron chi connectivity index (χ3n) is 2.34. The maximum absolute atomic E-state index is 9.69. The lowest BCUT2D eigenvalue weighted by atomic mass is 10.0. The van der Waals surface area contributed by atoms with Gasteiger partial charge >= 0.3 is 0 Å². The molecule has 2 aromatic rings. The van der Waals surface area contributed by atoms with Crippen LogP contribution in [0.1, 0.15) is 5.56 Å². The molecular weight excluding hydrogens is 188 g/mol. The van der Waals surface area contributed by atoms with Gasteiger partial charge in [-0.05, 0) is 24.1 Å². The first kappa shape index (κ1) is 11.3. The van der Waals surface area contributed by atoms with Crippen molar-refractivity contribution in [2.45, 2.75) is 6.92 Å². The molecule has 0 aliphatic rings. The van der Waals surface area contributed by atoms with Gasteiger partial charge in [-0.1, -0.05) is 42.5 Å². The van der Waals surface area contributed by atoms with Gasteiger partial charge in [0.2, 0.25) is 0 Å². The summed E-state index contributed by atoms with van der Waals surface area (Å²) in [6.07, 6.45) is 0. The molecule has 0 heterocycles. The van der Waals surface area contributed by atoms with E-state index >= 15 is 0 Å². The Kier molecular flexibility index (Phi) is 3.47. The Morgan fingerprint density at radius 2 is 1.33 bits per heavy atom. The molecule has 0 spiro atoms. The number of phenolic OH excluding ortho intramolecular Hbond substituents is 1. The molecule has 2 heteroatoms. The first-order valence-electron chi connectivity index (χ1n) is 4.63. The van der Waals surface area contributed by atoms with Crippen LogP contribution >= 0.6 is 0 Å². The van der Waals surface area contributed by atoms with Gasteiger partial charge in [0, 0.05) is 5.56 Å². The van der Waals surface area contributed by atoms with Crippen LogP contribution < -0.4 is 0 Å². The molecule has 0 aliphatic heterocycles. The molecular formula is C13H14O2. The molecule has 0 aromatic heterocycles. The van der Waals surface area contributed by atoms with E-state index < -0.39 is 0 Å². The van der Waals surface area contributed by atoms with Crippen molar-refractivity contribution in [3.8, 4) is 16.9 Å². The number of hydrogen-bond acceptors (Lipinski definition) is 1. The Balaban J connectivity index is 0.00000112. The SMILES string of the molecule is Cc1ccccc1-c1ccccc1O.O. The highest BCUT2D eigenvalue weighted by molar-refractivity contribution is 5.72. The normalized spacial score (nSPS) is 9.40.